The highest BCUT2D eigenvalue weighted by atomic mass is 16.5. The van der Waals surface area contributed by atoms with Crippen molar-refractivity contribution in [3.05, 3.63) is 96.1 Å². The normalized spacial score (nSPS) is 11.2. The van der Waals surface area contributed by atoms with E-state index in [9.17, 15) is 0 Å². The Balaban J connectivity index is 1.64. The second-order valence-corrected chi connectivity index (χ2v) is 6.54. The fourth-order valence-electron chi connectivity index (χ4n) is 3.02. The smallest absolute Gasteiger partial charge is 0.118 e. The van der Waals surface area contributed by atoms with Crippen LogP contribution >= 0.6 is 0 Å². The molecule has 0 aliphatic rings. The monoisotopic (exact) mass is 390 g/mol. The summed E-state index contributed by atoms with van der Waals surface area (Å²) in [5, 5.41) is 19.6. The predicted octanol–water partition coefficient (Wildman–Crippen LogP) is 6.89. The zero-order valence-electron chi connectivity index (χ0n) is 16.4. The molecule has 5 heteroatoms. The average molecular weight is 390 g/mol. The topological polar surface area (TPSA) is 70.1 Å². The van der Waals surface area contributed by atoms with Gasteiger partial charge in [0.2, 0.25) is 0 Å². The third kappa shape index (κ3) is 4.23. The summed E-state index contributed by atoms with van der Waals surface area (Å²) in [5.41, 5.74) is 3.90. The lowest BCUT2D eigenvalue weighted by atomic mass is 10.1. The van der Waals surface area contributed by atoms with E-state index in [0.29, 0.717) is 11.3 Å². The summed E-state index contributed by atoms with van der Waals surface area (Å²) in [7, 11) is 1.65. The Bertz CT molecular complexity index is 1270. The van der Waals surface area contributed by atoms with Gasteiger partial charge in [-0.3, -0.25) is 4.99 Å². The van der Waals surface area contributed by atoms with Gasteiger partial charge in [0, 0.05) is 17.0 Å². The predicted molar refractivity (Wildman–Crippen MR) is 120 cm³/mol. The number of azo groups is 1. The van der Waals surface area contributed by atoms with Gasteiger partial charge in [-0.25, -0.2) is 0 Å². The summed E-state index contributed by atoms with van der Waals surface area (Å²) in [4.78, 5) is 4.67. The SMILES string of the molecule is COc1ccc(C=Nc2ccc(N=Nc3ccc(C#N)cc3)c3ccccc23)cc1. The first-order valence-corrected chi connectivity index (χ1v) is 9.38. The number of ether oxygens (including phenoxy) is 1. The molecule has 4 aromatic carbocycles. The molecule has 144 valence electrons. The van der Waals surface area contributed by atoms with E-state index in [0.717, 1.165) is 33.5 Å². The first-order valence-electron chi connectivity index (χ1n) is 9.38. The van der Waals surface area contributed by atoms with Crippen molar-refractivity contribution in [1.82, 2.24) is 0 Å². The minimum absolute atomic E-state index is 0.596. The van der Waals surface area contributed by atoms with Crippen molar-refractivity contribution in [2.45, 2.75) is 0 Å². The quantitative estimate of drug-likeness (QED) is 0.275. The van der Waals surface area contributed by atoms with E-state index in [-0.39, 0.29) is 0 Å². The number of aliphatic imine (C=N–C) groups is 1. The molecule has 0 aliphatic carbocycles. The number of hydrogen-bond donors (Lipinski definition) is 0. The van der Waals surface area contributed by atoms with Gasteiger partial charge in [-0.1, -0.05) is 24.3 Å². The number of nitriles is 1. The molecule has 0 spiro atoms. The Hall–Kier alpha value is -4.30. The molecule has 5 nitrogen and oxygen atoms in total. The summed E-state index contributed by atoms with van der Waals surface area (Å²) in [6.07, 6.45) is 1.83. The molecule has 0 fully saturated rings. The summed E-state index contributed by atoms with van der Waals surface area (Å²) >= 11 is 0. The Morgan fingerprint density at radius 3 is 2.10 bits per heavy atom. The van der Waals surface area contributed by atoms with Crippen molar-refractivity contribution >= 4 is 34.0 Å². The fourth-order valence-corrected chi connectivity index (χ4v) is 3.02. The van der Waals surface area contributed by atoms with Crippen LogP contribution in [0.5, 0.6) is 5.75 Å². The molecule has 0 saturated carbocycles. The minimum Gasteiger partial charge on any atom is -0.497 e. The van der Waals surface area contributed by atoms with E-state index >= 15 is 0 Å². The van der Waals surface area contributed by atoms with Crippen LogP contribution in [-0.4, -0.2) is 13.3 Å². The lowest BCUT2D eigenvalue weighted by molar-refractivity contribution is 0.415. The van der Waals surface area contributed by atoms with E-state index in [1.807, 2.05) is 66.9 Å². The highest BCUT2D eigenvalue weighted by molar-refractivity contribution is 6.01. The van der Waals surface area contributed by atoms with Crippen LogP contribution in [0.15, 0.2) is 100 Å². The van der Waals surface area contributed by atoms with Gasteiger partial charge >= 0.3 is 0 Å². The lowest BCUT2D eigenvalue weighted by Gasteiger charge is -2.05. The number of nitrogens with zero attached hydrogens (tertiary/aromatic N) is 4. The summed E-state index contributed by atoms with van der Waals surface area (Å²) < 4.78 is 5.19. The molecule has 0 aromatic heterocycles. The van der Waals surface area contributed by atoms with Gasteiger partial charge in [-0.2, -0.15) is 10.4 Å². The number of benzene rings is 4. The van der Waals surface area contributed by atoms with Crippen LogP contribution < -0.4 is 4.74 Å². The molecule has 0 unspecified atom stereocenters. The zero-order chi connectivity index (χ0) is 20.8. The van der Waals surface area contributed by atoms with Crippen LogP contribution in [0.2, 0.25) is 0 Å². The summed E-state index contributed by atoms with van der Waals surface area (Å²) in [6.45, 7) is 0. The van der Waals surface area contributed by atoms with Crippen molar-refractivity contribution in [2.24, 2.45) is 15.2 Å². The Kier molecular flexibility index (Phi) is 5.59. The maximum absolute atomic E-state index is 8.90. The highest BCUT2D eigenvalue weighted by Gasteiger charge is 2.05. The van der Waals surface area contributed by atoms with Gasteiger partial charge in [0.25, 0.3) is 0 Å². The summed E-state index contributed by atoms with van der Waals surface area (Å²) in [6, 6.07) is 28.7. The molecule has 4 rings (SSSR count). The van der Waals surface area contributed by atoms with Gasteiger partial charge < -0.3 is 4.74 Å². The zero-order valence-corrected chi connectivity index (χ0v) is 16.4. The van der Waals surface area contributed by atoms with E-state index in [1.54, 1.807) is 31.4 Å². The van der Waals surface area contributed by atoms with Crippen LogP contribution in [0.1, 0.15) is 11.1 Å². The van der Waals surface area contributed by atoms with Crippen LogP contribution in [-0.2, 0) is 0 Å². The van der Waals surface area contributed by atoms with Crippen LogP contribution in [0.25, 0.3) is 10.8 Å². The van der Waals surface area contributed by atoms with Gasteiger partial charge in [0.1, 0.15) is 5.75 Å². The molecule has 30 heavy (non-hydrogen) atoms. The number of methoxy groups -OCH3 is 1. The first kappa shape index (κ1) is 19.0. The van der Waals surface area contributed by atoms with Gasteiger partial charge in [-0.05, 0) is 66.2 Å². The maximum atomic E-state index is 8.90. The first-order chi connectivity index (χ1) is 14.8. The Morgan fingerprint density at radius 1 is 0.767 bits per heavy atom. The molecule has 0 N–H and O–H groups in total. The highest BCUT2D eigenvalue weighted by Crippen LogP contribution is 2.34. The average Bonchev–Trinajstić information content (AvgIpc) is 2.82. The number of fused-ring (bicyclic) bond motifs is 1. The Morgan fingerprint density at radius 2 is 1.43 bits per heavy atom. The van der Waals surface area contributed by atoms with Crippen molar-refractivity contribution in [2.75, 3.05) is 7.11 Å². The molecule has 0 saturated heterocycles. The van der Waals surface area contributed by atoms with Crippen LogP contribution in [0, 0.1) is 11.3 Å². The molecule has 0 bridgehead atoms. The third-order valence-corrected chi connectivity index (χ3v) is 4.62. The molecule has 0 aliphatic heterocycles. The summed E-state index contributed by atoms with van der Waals surface area (Å²) in [5.74, 6) is 0.814. The van der Waals surface area contributed by atoms with Crippen molar-refractivity contribution in [3.8, 4) is 11.8 Å². The maximum Gasteiger partial charge on any atom is 0.118 e. The molecular weight excluding hydrogens is 372 g/mol. The van der Waals surface area contributed by atoms with Crippen molar-refractivity contribution < 1.29 is 4.74 Å². The Labute approximate surface area is 174 Å². The second-order valence-electron chi connectivity index (χ2n) is 6.54. The minimum atomic E-state index is 0.596. The van der Waals surface area contributed by atoms with Gasteiger partial charge in [-0.15, -0.1) is 5.11 Å². The number of rotatable bonds is 5. The standard InChI is InChI=1S/C25H18N4O/c1-30-21-12-8-19(9-13-21)17-27-24-14-15-25(23-5-3-2-4-22(23)24)29-28-20-10-6-18(16-26)7-11-20/h2-15,17H,1H3. The molecule has 4 aromatic rings. The van der Waals surface area contributed by atoms with Gasteiger partial charge in [0.05, 0.1) is 35.8 Å². The molecule has 0 atom stereocenters. The lowest BCUT2D eigenvalue weighted by Crippen LogP contribution is -1.84. The largest absolute Gasteiger partial charge is 0.497 e. The van der Waals surface area contributed by atoms with E-state index in [2.05, 4.69) is 21.3 Å². The molecule has 0 amide bonds. The van der Waals surface area contributed by atoms with Crippen LogP contribution in [0.4, 0.5) is 17.1 Å². The van der Waals surface area contributed by atoms with E-state index < -0.39 is 0 Å². The number of hydrogen-bond acceptors (Lipinski definition) is 5. The van der Waals surface area contributed by atoms with Crippen molar-refractivity contribution in [1.29, 1.82) is 5.26 Å². The van der Waals surface area contributed by atoms with Crippen LogP contribution in [0.3, 0.4) is 0 Å². The van der Waals surface area contributed by atoms with Crippen molar-refractivity contribution in [3.63, 3.8) is 0 Å². The second kappa shape index (κ2) is 8.80. The van der Waals surface area contributed by atoms with E-state index in [4.69, 9.17) is 10.00 Å². The molecule has 0 radical (unpaired) electrons. The fraction of sp³-hybridized carbons (Fsp3) is 0.0400. The molecular formula is C25H18N4O. The van der Waals surface area contributed by atoms with E-state index in [1.165, 1.54) is 0 Å². The van der Waals surface area contributed by atoms with Gasteiger partial charge in [0.15, 0.2) is 0 Å². The third-order valence-electron chi connectivity index (χ3n) is 4.62. The molecule has 0 heterocycles.